The Morgan fingerprint density at radius 3 is 1.06 bits per heavy atom. The molecule has 2 aliphatic carbocycles. The molecule has 0 radical (unpaired) electrons. The third-order valence-corrected chi connectivity index (χ3v) is 9.56. The predicted octanol–water partition coefficient (Wildman–Crippen LogP) is 7.81. The van der Waals surface area contributed by atoms with E-state index < -0.39 is 0 Å². The van der Waals surface area contributed by atoms with Gasteiger partial charge in [0, 0.05) is 38.0 Å². The monoisotopic (exact) mass is 718 g/mol. The van der Waals surface area contributed by atoms with Gasteiger partial charge in [0.15, 0.2) is 0 Å². The molecule has 0 unspecified atom stereocenters. The van der Waals surface area contributed by atoms with Gasteiger partial charge in [0.05, 0.1) is 0 Å². The lowest BCUT2D eigenvalue weighted by molar-refractivity contribution is 0.0932. The van der Waals surface area contributed by atoms with Crippen LogP contribution in [0.25, 0.3) is 22.3 Å². The molecule has 4 aromatic carbocycles. The summed E-state index contributed by atoms with van der Waals surface area (Å²) in [5.41, 5.74) is 21.2. The van der Waals surface area contributed by atoms with Crippen LogP contribution in [0.4, 0.5) is 9.59 Å². The summed E-state index contributed by atoms with van der Waals surface area (Å²) >= 11 is 0. The molecule has 2 aliphatic rings. The minimum Gasteiger partial charge on any atom is -0.448 e. The molecule has 266 valence electrons. The molecule has 0 heterocycles. The van der Waals surface area contributed by atoms with Gasteiger partial charge in [-0.15, -0.1) is 24.8 Å². The number of unbranched alkanes of at least 4 members (excludes halogenated alkanes) is 1. The molecule has 4 N–H and O–H groups in total. The first-order valence-corrected chi connectivity index (χ1v) is 17.2. The maximum Gasteiger partial charge on any atom is 0.409 e. The third-order valence-electron chi connectivity index (χ3n) is 9.56. The highest BCUT2D eigenvalue weighted by Gasteiger charge is 2.31. The molecule has 50 heavy (non-hydrogen) atoms. The Kier molecular flexibility index (Phi) is 14.5. The van der Waals surface area contributed by atoms with Gasteiger partial charge in [-0.3, -0.25) is 0 Å². The average molecular weight is 720 g/mol. The van der Waals surface area contributed by atoms with Crippen molar-refractivity contribution in [2.75, 3.05) is 52.5 Å². The summed E-state index contributed by atoms with van der Waals surface area (Å²) in [5.74, 6) is 0.0111. The van der Waals surface area contributed by atoms with Crippen LogP contribution in [0.5, 0.6) is 0 Å². The van der Waals surface area contributed by atoms with E-state index in [0.717, 1.165) is 0 Å². The minimum absolute atomic E-state index is 0. The predicted molar refractivity (Wildman–Crippen MR) is 204 cm³/mol. The average Bonchev–Trinajstić information content (AvgIpc) is 3.62. The second-order valence-electron chi connectivity index (χ2n) is 12.6. The largest absolute Gasteiger partial charge is 0.448 e. The van der Waals surface area contributed by atoms with Gasteiger partial charge in [0.2, 0.25) is 0 Å². The van der Waals surface area contributed by atoms with Crippen molar-refractivity contribution < 1.29 is 19.1 Å². The second kappa shape index (κ2) is 18.8. The van der Waals surface area contributed by atoms with Gasteiger partial charge in [-0.05, 0) is 83.3 Å². The van der Waals surface area contributed by atoms with E-state index in [1.165, 1.54) is 44.5 Å². The summed E-state index contributed by atoms with van der Waals surface area (Å²) < 4.78 is 11.9. The summed E-state index contributed by atoms with van der Waals surface area (Å²) in [6.07, 6.45) is 2.14. The Morgan fingerprint density at radius 2 is 0.760 bits per heavy atom. The van der Waals surface area contributed by atoms with E-state index >= 15 is 0 Å². The molecular weight excluding hydrogens is 671 g/mol. The molecule has 0 atom stereocenters. The van der Waals surface area contributed by atoms with Crippen LogP contribution in [0, 0.1) is 0 Å². The number of fused-ring (bicyclic) bond motifs is 6. The number of rotatable bonds is 15. The number of ether oxygens (including phenoxy) is 2. The number of nitrogens with zero attached hydrogens (tertiary/aromatic N) is 2. The number of amides is 2. The first kappa shape index (κ1) is 38.7. The minimum atomic E-state index is -0.332. The zero-order chi connectivity index (χ0) is 33.3. The Morgan fingerprint density at radius 1 is 0.480 bits per heavy atom. The van der Waals surface area contributed by atoms with Gasteiger partial charge in [-0.2, -0.15) is 0 Å². The maximum atomic E-state index is 13.4. The van der Waals surface area contributed by atoms with Gasteiger partial charge in [0.25, 0.3) is 0 Å². The molecule has 0 aromatic heterocycles. The fraction of sp³-hybridized carbons (Fsp3) is 0.350. The van der Waals surface area contributed by atoms with E-state index in [4.69, 9.17) is 20.9 Å². The lowest BCUT2D eigenvalue weighted by atomic mass is 9.98. The number of carbonyl (C=O) groups is 2. The van der Waals surface area contributed by atoms with Crippen LogP contribution in [0.15, 0.2) is 97.1 Å². The molecule has 0 aliphatic heterocycles. The lowest BCUT2D eigenvalue weighted by Gasteiger charge is -2.25. The summed E-state index contributed by atoms with van der Waals surface area (Å²) in [7, 11) is 0. The number of nitrogens with two attached hydrogens (primary N) is 2. The summed E-state index contributed by atoms with van der Waals surface area (Å²) in [6, 6.07) is 33.3. The van der Waals surface area contributed by atoms with E-state index in [1.807, 2.05) is 48.5 Å². The molecule has 0 bridgehead atoms. The normalized spacial score (nSPS) is 12.4. The second-order valence-corrected chi connectivity index (χ2v) is 12.6. The first-order chi connectivity index (χ1) is 23.6. The van der Waals surface area contributed by atoms with Crippen LogP contribution in [-0.4, -0.2) is 74.5 Å². The fourth-order valence-electron chi connectivity index (χ4n) is 7.13. The Bertz CT molecular complexity index is 1500. The fourth-order valence-corrected chi connectivity index (χ4v) is 7.13. The SMILES string of the molecule is Cl.Cl.NCCCN(CCCCN(CCCN)C(=O)OCC1c2ccccc2-c2ccccc21)C(=O)OCC1c2ccccc2-c2ccccc21. The van der Waals surface area contributed by atoms with E-state index in [0.29, 0.717) is 65.0 Å². The van der Waals surface area contributed by atoms with Crippen molar-refractivity contribution in [3.05, 3.63) is 119 Å². The summed E-state index contributed by atoms with van der Waals surface area (Å²) in [5, 5.41) is 0. The highest BCUT2D eigenvalue weighted by Crippen LogP contribution is 2.45. The van der Waals surface area contributed by atoms with Crippen LogP contribution in [0.1, 0.15) is 59.8 Å². The van der Waals surface area contributed by atoms with Gasteiger partial charge in [-0.25, -0.2) is 9.59 Å². The Hall–Kier alpha value is -4.08. The van der Waals surface area contributed by atoms with Gasteiger partial charge in [0.1, 0.15) is 13.2 Å². The highest BCUT2D eigenvalue weighted by molar-refractivity contribution is 5.85. The van der Waals surface area contributed by atoms with E-state index in [9.17, 15) is 9.59 Å². The molecule has 0 saturated heterocycles. The van der Waals surface area contributed by atoms with Gasteiger partial charge in [-0.1, -0.05) is 97.1 Å². The van der Waals surface area contributed by atoms with Gasteiger partial charge >= 0.3 is 12.2 Å². The van der Waals surface area contributed by atoms with Crippen molar-refractivity contribution in [1.29, 1.82) is 0 Å². The molecule has 4 aromatic rings. The van der Waals surface area contributed by atoms with Crippen molar-refractivity contribution in [3.63, 3.8) is 0 Å². The van der Waals surface area contributed by atoms with Crippen LogP contribution < -0.4 is 11.5 Å². The molecule has 0 spiro atoms. The highest BCUT2D eigenvalue weighted by atomic mass is 35.5. The summed E-state index contributed by atoms with van der Waals surface area (Å²) in [6.45, 7) is 3.62. The van der Waals surface area contributed by atoms with Crippen molar-refractivity contribution in [2.45, 2.75) is 37.5 Å². The van der Waals surface area contributed by atoms with Crippen LogP contribution >= 0.6 is 24.8 Å². The van der Waals surface area contributed by atoms with Crippen molar-refractivity contribution in [1.82, 2.24) is 9.80 Å². The van der Waals surface area contributed by atoms with Crippen molar-refractivity contribution in [3.8, 4) is 22.3 Å². The topological polar surface area (TPSA) is 111 Å². The van der Waals surface area contributed by atoms with E-state index in [-0.39, 0.29) is 62.1 Å². The van der Waals surface area contributed by atoms with Gasteiger partial charge < -0.3 is 30.7 Å². The van der Waals surface area contributed by atoms with E-state index in [2.05, 4.69) is 48.5 Å². The quantitative estimate of drug-likeness (QED) is 0.121. The van der Waals surface area contributed by atoms with Crippen molar-refractivity contribution in [2.24, 2.45) is 11.5 Å². The summed E-state index contributed by atoms with van der Waals surface area (Å²) in [4.78, 5) is 30.2. The molecule has 6 rings (SSSR count). The lowest BCUT2D eigenvalue weighted by Crippen LogP contribution is -2.37. The molecule has 2 amide bonds. The molecule has 0 fully saturated rings. The first-order valence-electron chi connectivity index (χ1n) is 17.2. The number of hydrogen-bond acceptors (Lipinski definition) is 6. The number of hydrogen-bond donors (Lipinski definition) is 2. The van der Waals surface area contributed by atoms with Crippen LogP contribution in [-0.2, 0) is 9.47 Å². The maximum absolute atomic E-state index is 13.4. The zero-order valence-electron chi connectivity index (χ0n) is 28.4. The number of halogens is 2. The molecule has 8 nitrogen and oxygen atoms in total. The van der Waals surface area contributed by atoms with Crippen molar-refractivity contribution >= 4 is 37.0 Å². The van der Waals surface area contributed by atoms with E-state index in [1.54, 1.807) is 9.80 Å². The zero-order valence-corrected chi connectivity index (χ0v) is 30.0. The smallest absolute Gasteiger partial charge is 0.409 e. The number of benzene rings is 4. The van der Waals surface area contributed by atoms with Crippen LogP contribution in [0.2, 0.25) is 0 Å². The van der Waals surface area contributed by atoms with Crippen LogP contribution in [0.3, 0.4) is 0 Å². The standard InChI is InChI=1S/C40H46N4O4.2ClH/c41-21-11-25-43(39(45)47-27-37-33-17-5-1-13-29(33)30-14-2-6-18-34(30)37)23-9-10-24-44(26-12-22-42)40(46)48-28-38-35-19-7-3-15-31(35)32-16-4-8-20-36(32)38;;/h1-8,13-20,37-38H,9-12,21-28,41-42H2;2*1H. The molecule has 0 saturated carbocycles. The molecule has 10 heteroatoms. The Labute approximate surface area is 307 Å². The Balaban J connectivity index is 0.00000281. The molecular formula is C40H48Cl2N4O4. The third kappa shape index (κ3) is 8.61. The number of carbonyl (C=O) groups excluding carboxylic acids is 2.